The number of amides is 3. The minimum absolute atomic E-state index is 0.206. The molecule has 6 nitrogen and oxygen atoms in total. The van der Waals surface area contributed by atoms with Crippen LogP contribution in [-0.2, 0) is 0 Å². The summed E-state index contributed by atoms with van der Waals surface area (Å²) < 4.78 is 0. The first-order chi connectivity index (χ1) is 8.16. The van der Waals surface area contributed by atoms with Crippen LogP contribution in [0.1, 0.15) is 10.5 Å². The van der Waals surface area contributed by atoms with E-state index < -0.39 is 11.9 Å². The Balaban J connectivity index is 2.24. The van der Waals surface area contributed by atoms with Gasteiger partial charge in [0.15, 0.2) is 0 Å². The van der Waals surface area contributed by atoms with Crippen molar-refractivity contribution in [2.45, 2.75) is 0 Å². The Morgan fingerprint density at radius 3 is 2.59 bits per heavy atom. The third-order valence-electron chi connectivity index (χ3n) is 2.13. The molecule has 2 aromatic rings. The fraction of sp³-hybridized carbons (Fsp3) is 0. The van der Waals surface area contributed by atoms with Crippen molar-refractivity contribution >= 4 is 22.8 Å². The summed E-state index contributed by atoms with van der Waals surface area (Å²) in [6.07, 6.45) is 0. The number of hydrogen-bond donors (Lipinski definition) is 3. The number of hydrazine groups is 1. The third-order valence-corrected chi connectivity index (χ3v) is 2.13. The number of pyridine rings is 1. The highest BCUT2D eigenvalue weighted by Gasteiger charge is 2.07. The van der Waals surface area contributed by atoms with E-state index in [-0.39, 0.29) is 5.69 Å². The average molecular weight is 230 g/mol. The number of nitrogens with one attached hydrogen (secondary N) is 2. The minimum atomic E-state index is -0.834. The minimum Gasteiger partial charge on any atom is -0.350 e. The van der Waals surface area contributed by atoms with Crippen molar-refractivity contribution in [3.63, 3.8) is 0 Å². The topological polar surface area (TPSA) is 97.1 Å². The molecule has 0 spiro atoms. The van der Waals surface area contributed by atoms with Gasteiger partial charge in [-0.15, -0.1) is 0 Å². The van der Waals surface area contributed by atoms with Crippen LogP contribution in [0.4, 0.5) is 4.79 Å². The van der Waals surface area contributed by atoms with Gasteiger partial charge in [-0.2, -0.15) is 0 Å². The molecule has 0 saturated carbocycles. The molecule has 0 bridgehead atoms. The largest absolute Gasteiger partial charge is 0.350 e. The highest BCUT2D eigenvalue weighted by atomic mass is 16.2. The van der Waals surface area contributed by atoms with Gasteiger partial charge in [-0.3, -0.25) is 10.2 Å². The highest BCUT2D eigenvalue weighted by Crippen LogP contribution is 2.11. The summed E-state index contributed by atoms with van der Waals surface area (Å²) in [6.45, 7) is 0. The Morgan fingerprint density at radius 2 is 1.82 bits per heavy atom. The van der Waals surface area contributed by atoms with E-state index in [2.05, 4.69) is 10.4 Å². The maximum absolute atomic E-state index is 11.5. The summed E-state index contributed by atoms with van der Waals surface area (Å²) in [6, 6.07) is 9.93. The molecule has 6 heteroatoms. The van der Waals surface area contributed by atoms with Gasteiger partial charge in [0.2, 0.25) is 0 Å². The average Bonchev–Trinajstić information content (AvgIpc) is 2.35. The first kappa shape index (κ1) is 10.9. The molecule has 0 aliphatic heterocycles. The maximum atomic E-state index is 11.5. The maximum Gasteiger partial charge on any atom is 0.330 e. The molecule has 0 aliphatic carbocycles. The van der Waals surface area contributed by atoms with Crippen molar-refractivity contribution < 1.29 is 9.59 Å². The van der Waals surface area contributed by atoms with Crippen molar-refractivity contribution in [2.24, 2.45) is 5.73 Å². The summed E-state index contributed by atoms with van der Waals surface area (Å²) in [5, 5.41) is 0.937. The number of nitrogens with zero attached hydrogens (tertiary/aromatic N) is 1. The molecule has 2 rings (SSSR count). The first-order valence-corrected chi connectivity index (χ1v) is 4.88. The zero-order valence-electron chi connectivity index (χ0n) is 8.81. The fourth-order valence-electron chi connectivity index (χ4n) is 1.37. The molecule has 1 heterocycles. The second-order valence-electron chi connectivity index (χ2n) is 3.33. The normalized spacial score (nSPS) is 9.88. The smallest absolute Gasteiger partial charge is 0.330 e. The van der Waals surface area contributed by atoms with E-state index in [1.165, 1.54) is 0 Å². The number of carbonyl (C=O) groups is 2. The lowest BCUT2D eigenvalue weighted by Crippen LogP contribution is -2.44. The third kappa shape index (κ3) is 2.49. The van der Waals surface area contributed by atoms with Crippen molar-refractivity contribution in [3.05, 3.63) is 42.1 Å². The number of urea groups is 1. The summed E-state index contributed by atoms with van der Waals surface area (Å²) in [5.74, 6) is -0.519. The Kier molecular flexibility index (Phi) is 2.87. The first-order valence-electron chi connectivity index (χ1n) is 4.88. The van der Waals surface area contributed by atoms with Crippen LogP contribution in [0.2, 0.25) is 0 Å². The highest BCUT2D eigenvalue weighted by molar-refractivity contribution is 5.95. The monoisotopic (exact) mass is 230 g/mol. The predicted molar refractivity (Wildman–Crippen MR) is 61.9 cm³/mol. The van der Waals surface area contributed by atoms with Crippen LogP contribution in [0, 0.1) is 0 Å². The number of aromatic nitrogens is 1. The van der Waals surface area contributed by atoms with Gasteiger partial charge in [0.25, 0.3) is 5.91 Å². The summed E-state index contributed by atoms with van der Waals surface area (Å²) in [7, 11) is 0. The Bertz CT molecular complexity index is 582. The Hall–Kier alpha value is -2.63. The second kappa shape index (κ2) is 4.48. The molecule has 4 N–H and O–H groups in total. The van der Waals surface area contributed by atoms with Gasteiger partial charge in [0.05, 0.1) is 5.52 Å². The summed E-state index contributed by atoms with van der Waals surface area (Å²) in [5.41, 5.74) is 9.87. The van der Waals surface area contributed by atoms with E-state index in [1.54, 1.807) is 18.2 Å². The molecule has 1 aromatic heterocycles. The van der Waals surface area contributed by atoms with Gasteiger partial charge in [-0.05, 0) is 12.1 Å². The van der Waals surface area contributed by atoms with Crippen molar-refractivity contribution in [1.82, 2.24) is 15.8 Å². The van der Waals surface area contributed by atoms with Gasteiger partial charge in [-0.25, -0.2) is 15.2 Å². The van der Waals surface area contributed by atoms with E-state index in [9.17, 15) is 9.59 Å². The lowest BCUT2D eigenvalue weighted by molar-refractivity contribution is 0.0932. The Labute approximate surface area is 96.8 Å². The van der Waals surface area contributed by atoms with Crippen LogP contribution in [0.25, 0.3) is 10.9 Å². The molecular weight excluding hydrogens is 220 g/mol. The molecule has 86 valence electrons. The van der Waals surface area contributed by atoms with Crippen molar-refractivity contribution in [1.29, 1.82) is 0 Å². The molecule has 0 fully saturated rings. The molecule has 3 amide bonds. The lowest BCUT2D eigenvalue weighted by Gasteiger charge is -2.04. The van der Waals surface area contributed by atoms with E-state index in [1.807, 2.05) is 23.6 Å². The Morgan fingerprint density at radius 1 is 1.06 bits per heavy atom. The number of rotatable bonds is 1. The molecule has 0 unspecified atom stereocenters. The van der Waals surface area contributed by atoms with E-state index in [0.717, 1.165) is 5.39 Å². The van der Waals surface area contributed by atoms with E-state index >= 15 is 0 Å². The standard InChI is InChI=1S/C11H10N4O2/c12-11(17)15-14-10(16)9-6-5-7-3-1-2-4-8(7)13-9/h1-6H,(H,14,16)(H3,12,15,17). The SMILES string of the molecule is NC(=O)NNC(=O)c1ccc2ccccc2n1. The van der Waals surface area contributed by atoms with Crippen LogP contribution >= 0.6 is 0 Å². The number of primary amides is 1. The molecule has 0 aliphatic rings. The van der Waals surface area contributed by atoms with E-state index in [4.69, 9.17) is 5.73 Å². The quantitative estimate of drug-likeness (QED) is 0.624. The molecule has 0 radical (unpaired) electrons. The van der Waals surface area contributed by atoms with Crippen LogP contribution in [0.5, 0.6) is 0 Å². The van der Waals surface area contributed by atoms with E-state index in [0.29, 0.717) is 5.52 Å². The van der Waals surface area contributed by atoms with Crippen molar-refractivity contribution in [3.8, 4) is 0 Å². The van der Waals surface area contributed by atoms with Crippen LogP contribution in [-0.4, -0.2) is 16.9 Å². The molecule has 1 aromatic carbocycles. The number of para-hydroxylation sites is 1. The number of nitrogens with two attached hydrogens (primary N) is 1. The van der Waals surface area contributed by atoms with Gasteiger partial charge in [0, 0.05) is 5.39 Å². The zero-order chi connectivity index (χ0) is 12.3. The predicted octanol–water partition coefficient (Wildman–Crippen LogP) is 0.548. The number of carbonyl (C=O) groups excluding carboxylic acids is 2. The van der Waals surface area contributed by atoms with Crippen LogP contribution < -0.4 is 16.6 Å². The second-order valence-corrected chi connectivity index (χ2v) is 3.33. The number of hydrogen-bond acceptors (Lipinski definition) is 3. The van der Waals surface area contributed by atoms with Gasteiger partial charge < -0.3 is 5.73 Å². The zero-order valence-corrected chi connectivity index (χ0v) is 8.81. The molecule has 0 saturated heterocycles. The van der Waals surface area contributed by atoms with Crippen LogP contribution in [0.15, 0.2) is 36.4 Å². The number of benzene rings is 1. The van der Waals surface area contributed by atoms with Crippen molar-refractivity contribution in [2.75, 3.05) is 0 Å². The summed E-state index contributed by atoms with van der Waals surface area (Å²) >= 11 is 0. The number of fused-ring (bicyclic) bond motifs is 1. The molecular formula is C11H10N4O2. The van der Waals surface area contributed by atoms with Gasteiger partial charge >= 0.3 is 6.03 Å². The fourth-order valence-corrected chi connectivity index (χ4v) is 1.37. The molecule has 0 atom stereocenters. The van der Waals surface area contributed by atoms with Gasteiger partial charge in [-0.1, -0.05) is 24.3 Å². The van der Waals surface area contributed by atoms with Crippen LogP contribution in [0.3, 0.4) is 0 Å². The van der Waals surface area contributed by atoms with Gasteiger partial charge in [0.1, 0.15) is 5.69 Å². The molecule has 17 heavy (non-hydrogen) atoms. The summed E-state index contributed by atoms with van der Waals surface area (Å²) in [4.78, 5) is 26.1. The lowest BCUT2D eigenvalue weighted by atomic mass is 10.2.